The van der Waals surface area contributed by atoms with Crippen molar-refractivity contribution in [2.24, 2.45) is 0 Å². The van der Waals surface area contributed by atoms with Crippen LogP contribution in [-0.4, -0.2) is 87.4 Å². The summed E-state index contributed by atoms with van der Waals surface area (Å²) >= 11 is 0. The fraction of sp³-hybridized carbons (Fsp3) is 0.906. The Balaban J connectivity index is 4.28. The van der Waals surface area contributed by atoms with Crippen molar-refractivity contribution in [2.45, 2.75) is 264 Å². The normalized spacial score (nSPS) is 12.9. The van der Waals surface area contributed by atoms with Crippen molar-refractivity contribution >= 4 is 17.9 Å². The second-order valence-corrected chi connectivity index (χ2v) is 19.2. The maximum absolute atomic E-state index is 12.8. The number of hydrogen-bond donors (Lipinski definition) is 1. The van der Waals surface area contributed by atoms with E-state index in [1.807, 2.05) is 21.1 Å². The van der Waals surface area contributed by atoms with Crippen LogP contribution >= 0.6 is 0 Å². The van der Waals surface area contributed by atoms with Gasteiger partial charge in [0, 0.05) is 12.8 Å². The average Bonchev–Trinajstić information content (AvgIpc) is 3.23. The summed E-state index contributed by atoms with van der Waals surface area (Å²) in [5.41, 5.74) is 0. The maximum atomic E-state index is 12.8. The molecule has 2 unspecified atom stereocenters. The summed E-state index contributed by atoms with van der Waals surface area (Å²) < 4.78 is 22.8. The molecule has 9 nitrogen and oxygen atoms in total. The van der Waals surface area contributed by atoms with Gasteiger partial charge >= 0.3 is 17.9 Å². The number of nitrogens with zero attached hydrogens (tertiary/aromatic N) is 1. The van der Waals surface area contributed by atoms with Crippen LogP contribution in [0.4, 0.5) is 0 Å². The molecule has 0 aliphatic rings. The van der Waals surface area contributed by atoms with Gasteiger partial charge in [-0.3, -0.25) is 9.59 Å². The number of carbonyl (C=O) groups excluding carboxylic acids is 2. The van der Waals surface area contributed by atoms with Gasteiger partial charge in [0.2, 0.25) is 0 Å². The molecule has 0 radical (unpaired) electrons. The molecule has 1 N–H and O–H groups in total. The van der Waals surface area contributed by atoms with Crippen LogP contribution in [0.25, 0.3) is 0 Å². The first-order valence-electron chi connectivity index (χ1n) is 26.4. The summed E-state index contributed by atoms with van der Waals surface area (Å²) in [5.74, 6) is -2.00. The highest BCUT2D eigenvalue weighted by atomic mass is 16.7. The molecule has 0 saturated carbocycles. The van der Waals surface area contributed by atoms with E-state index in [0.717, 1.165) is 51.4 Å². The number of carboxylic acid groups (broad SMARTS) is 1. The third-order valence-corrected chi connectivity index (χ3v) is 11.8. The van der Waals surface area contributed by atoms with Crippen LogP contribution in [0.5, 0.6) is 0 Å². The molecule has 0 heterocycles. The molecule has 0 bridgehead atoms. The largest absolute Gasteiger partial charge is 0.477 e. The average molecular weight is 881 g/mol. The van der Waals surface area contributed by atoms with Crippen molar-refractivity contribution in [2.75, 3.05) is 47.5 Å². The predicted octanol–water partition coefficient (Wildman–Crippen LogP) is 14.6. The number of aliphatic carboxylic acids is 1. The standard InChI is InChI=1S/C53H101NO8/c1-6-8-10-12-14-16-18-20-22-24-25-26-27-28-30-31-33-35-37-39-41-43-50(55)60-47-49(48-61-53(52(57)58)59-46-45-54(3,4)5)62-51(56)44-42-40-38-36-34-32-29-23-21-19-17-15-13-11-9-7-2/h23,29,49,53H,6-22,24-28,30-48H2,1-5H3/p+1/b29-23-. The fourth-order valence-electron chi connectivity index (χ4n) is 7.66. The van der Waals surface area contributed by atoms with Gasteiger partial charge in [-0.1, -0.05) is 212 Å². The van der Waals surface area contributed by atoms with Crippen molar-refractivity contribution in [1.82, 2.24) is 0 Å². The molecule has 0 fully saturated rings. The number of carbonyl (C=O) groups is 3. The summed E-state index contributed by atoms with van der Waals surface area (Å²) in [4.78, 5) is 37.3. The first-order valence-corrected chi connectivity index (χ1v) is 26.4. The lowest BCUT2D eigenvalue weighted by Gasteiger charge is -2.25. The number of unbranched alkanes of at least 4 members (excludes halogenated alkanes) is 32. The van der Waals surface area contributed by atoms with Crippen LogP contribution in [0.3, 0.4) is 0 Å². The van der Waals surface area contributed by atoms with Crippen LogP contribution in [0.1, 0.15) is 251 Å². The van der Waals surface area contributed by atoms with Gasteiger partial charge in [-0.05, 0) is 38.5 Å². The zero-order valence-electron chi connectivity index (χ0n) is 41.6. The van der Waals surface area contributed by atoms with E-state index in [-0.39, 0.29) is 32.2 Å². The third-order valence-electron chi connectivity index (χ3n) is 11.8. The van der Waals surface area contributed by atoms with Crippen molar-refractivity contribution in [3.05, 3.63) is 12.2 Å². The molecular formula is C53H102NO8+. The number of likely N-dealkylation sites (N-methyl/N-ethyl adjacent to an activating group) is 1. The molecule has 62 heavy (non-hydrogen) atoms. The Labute approximate surface area is 383 Å². The van der Waals surface area contributed by atoms with Crippen LogP contribution in [0, 0.1) is 0 Å². The first-order chi connectivity index (χ1) is 30.1. The second-order valence-electron chi connectivity index (χ2n) is 19.2. The van der Waals surface area contributed by atoms with Crippen LogP contribution in [-0.2, 0) is 33.3 Å². The third kappa shape index (κ3) is 46.0. The number of quaternary nitrogens is 1. The number of ether oxygens (including phenoxy) is 4. The minimum atomic E-state index is -1.51. The SMILES string of the molecule is CCCCCCCCC/C=C\CCCCCCCC(=O)OC(COC(=O)CCCCCCCCCCCCCCCCCCCCCCC)COC(OCC[N+](C)(C)C)C(=O)O. The molecule has 0 spiro atoms. The molecule has 366 valence electrons. The fourth-order valence-corrected chi connectivity index (χ4v) is 7.66. The Kier molecular flexibility index (Phi) is 44.1. The quantitative estimate of drug-likeness (QED) is 0.0212. The number of esters is 2. The van der Waals surface area contributed by atoms with E-state index >= 15 is 0 Å². The van der Waals surface area contributed by atoms with E-state index in [1.54, 1.807) is 0 Å². The van der Waals surface area contributed by atoms with Gasteiger partial charge in [-0.2, -0.15) is 0 Å². The molecule has 0 aromatic rings. The Morgan fingerprint density at radius 1 is 0.468 bits per heavy atom. The number of hydrogen-bond acceptors (Lipinski definition) is 7. The zero-order chi connectivity index (χ0) is 45.6. The van der Waals surface area contributed by atoms with E-state index < -0.39 is 24.3 Å². The van der Waals surface area contributed by atoms with Gasteiger partial charge in [0.25, 0.3) is 6.29 Å². The summed E-state index contributed by atoms with van der Waals surface area (Å²) in [6.45, 7) is 4.90. The van der Waals surface area contributed by atoms with E-state index in [1.165, 1.54) is 167 Å². The van der Waals surface area contributed by atoms with Gasteiger partial charge in [-0.25, -0.2) is 4.79 Å². The van der Waals surface area contributed by atoms with Gasteiger partial charge in [0.05, 0.1) is 34.4 Å². The Morgan fingerprint density at radius 2 is 0.823 bits per heavy atom. The molecule has 0 amide bonds. The Hall–Kier alpha value is -1.97. The highest BCUT2D eigenvalue weighted by Gasteiger charge is 2.25. The van der Waals surface area contributed by atoms with Gasteiger partial charge in [0.1, 0.15) is 13.2 Å². The molecule has 0 saturated heterocycles. The topological polar surface area (TPSA) is 108 Å². The van der Waals surface area contributed by atoms with E-state index in [2.05, 4.69) is 26.0 Å². The van der Waals surface area contributed by atoms with E-state index in [0.29, 0.717) is 23.9 Å². The zero-order valence-corrected chi connectivity index (χ0v) is 41.6. The van der Waals surface area contributed by atoms with Crippen LogP contribution < -0.4 is 0 Å². The van der Waals surface area contributed by atoms with Crippen molar-refractivity contribution in [3.63, 3.8) is 0 Å². The van der Waals surface area contributed by atoms with Crippen molar-refractivity contribution < 1.29 is 42.9 Å². The number of rotatable bonds is 49. The van der Waals surface area contributed by atoms with Crippen molar-refractivity contribution in [1.29, 1.82) is 0 Å². The molecule has 0 aromatic carbocycles. The lowest BCUT2D eigenvalue weighted by atomic mass is 10.0. The Morgan fingerprint density at radius 3 is 1.19 bits per heavy atom. The van der Waals surface area contributed by atoms with E-state index in [4.69, 9.17) is 18.9 Å². The second kappa shape index (κ2) is 45.6. The van der Waals surface area contributed by atoms with Crippen LogP contribution in [0.15, 0.2) is 12.2 Å². The summed E-state index contributed by atoms with van der Waals surface area (Å²) in [5, 5.41) is 9.67. The molecule has 0 aliphatic carbocycles. The minimum Gasteiger partial charge on any atom is -0.477 e. The van der Waals surface area contributed by atoms with Gasteiger partial charge in [0.15, 0.2) is 6.10 Å². The monoisotopic (exact) mass is 881 g/mol. The highest BCUT2D eigenvalue weighted by Crippen LogP contribution is 2.16. The Bertz CT molecular complexity index is 1030. The van der Waals surface area contributed by atoms with Crippen LogP contribution in [0.2, 0.25) is 0 Å². The summed E-state index contributed by atoms with van der Waals surface area (Å²) in [7, 11) is 5.97. The highest BCUT2D eigenvalue weighted by molar-refractivity contribution is 5.71. The molecule has 0 aliphatic heterocycles. The number of allylic oxidation sites excluding steroid dienone is 2. The van der Waals surface area contributed by atoms with Gasteiger partial charge in [-0.15, -0.1) is 0 Å². The first kappa shape index (κ1) is 60.0. The molecular weight excluding hydrogens is 779 g/mol. The van der Waals surface area contributed by atoms with Gasteiger partial charge < -0.3 is 28.5 Å². The smallest absolute Gasteiger partial charge is 0.361 e. The lowest BCUT2D eigenvalue weighted by molar-refractivity contribution is -0.870. The van der Waals surface area contributed by atoms with E-state index in [9.17, 15) is 19.5 Å². The molecule has 0 rings (SSSR count). The lowest BCUT2D eigenvalue weighted by Crippen LogP contribution is -2.40. The molecule has 9 heteroatoms. The maximum Gasteiger partial charge on any atom is 0.361 e. The summed E-state index contributed by atoms with van der Waals surface area (Å²) in [6.07, 6.45) is 47.0. The molecule has 0 aromatic heterocycles. The van der Waals surface area contributed by atoms with Crippen molar-refractivity contribution in [3.8, 4) is 0 Å². The minimum absolute atomic E-state index is 0.179. The predicted molar refractivity (Wildman–Crippen MR) is 258 cm³/mol. The summed E-state index contributed by atoms with van der Waals surface area (Å²) in [6, 6.07) is 0. The molecule has 2 atom stereocenters. The number of carboxylic acids is 1.